The van der Waals surface area contributed by atoms with Crippen molar-refractivity contribution in [2.24, 2.45) is 0 Å². The van der Waals surface area contributed by atoms with E-state index in [1.807, 2.05) is 11.4 Å². The zero-order valence-corrected chi connectivity index (χ0v) is 7.99. The van der Waals surface area contributed by atoms with Crippen molar-refractivity contribution in [3.05, 3.63) is 21.3 Å². The van der Waals surface area contributed by atoms with Gasteiger partial charge in [0.1, 0.15) is 0 Å². The molecule has 0 radical (unpaired) electrons. The highest BCUT2D eigenvalue weighted by atomic mass is 35.5. The number of thiophene rings is 1. The van der Waals surface area contributed by atoms with E-state index in [1.165, 1.54) is 0 Å². The summed E-state index contributed by atoms with van der Waals surface area (Å²) in [6.45, 7) is 0. The molecule has 1 rings (SSSR count). The molecule has 0 atom stereocenters. The van der Waals surface area contributed by atoms with Crippen LogP contribution in [0.15, 0.2) is 11.4 Å². The van der Waals surface area contributed by atoms with Gasteiger partial charge in [-0.2, -0.15) is 0 Å². The lowest BCUT2D eigenvalue weighted by atomic mass is 10.2. The zero-order chi connectivity index (χ0) is 8.97. The maximum atomic E-state index is 10.2. The Morgan fingerprint density at radius 3 is 2.92 bits per heavy atom. The fourth-order valence-corrected chi connectivity index (χ4v) is 2.02. The van der Waals surface area contributed by atoms with Gasteiger partial charge in [-0.3, -0.25) is 4.79 Å². The molecule has 0 aromatic carbocycles. The van der Waals surface area contributed by atoms with Crippen LogP contribution in [0.5, 0.6) is 0 Å². The number of carboxylic acid groups (broad SMARTS) is 1. The molecule has 0 saturated carbocycles. The molecule has 1 N–H and O–H groups in total. The first-order valence-corrected chi connectivity index (χ1v) is 4.89. The third-order valence-electron chi connectivity index (χ3n) is 1.44. The summed E-state index contributed by atoms with van der Waals surface area (Å²) in [5, 5.41) is 11.0. The van der Waals surface area contributed by atoms with Crippen molar-refractivity contribution in [1.82, 2.24) is 0 Å². The van der Waals surface area contributed by atoms with Crippen LogP contribution < -0.4 is 0 Å². The molecule has 0 spiro atoms. The van der Waals surface area contributed by atoms with E-state index < -0.39 is 5.97 Å². The molecule has 0 fully saturated rings. The van der Waals surface area contributed by atoms with Crippen LogP contribution in [-0.4, -0.2) is 11.1 Å². The van der Waals surface area contributed by atoms with E-state index in [4.69, 9.17) is 16.7 Å². The zero-order valence-electron chi connectivity index (χ0n) is 6.42. The minimum atomic E-state index is -0.738. The average molecular weight is 205 g/mol. The summed E-state index contributed by atoms with van der Waals surface area (Å²) in [5.74, 6) is -0.738. The van der Waals surface area contributed by atoms with E-state index in [1.54, 1.807) is 11.3 Å². The Morgan fingerprint density at radius 2 is 2.42 bits per heavy atom. The number of carboxylic acids is 1. The maximum Gasteiger partial charge on any atom is 0.303 e. The van der Waals surface area contributed by atoms with Gasteiger partial charge in [0.15, 0.2) is 0 Å². The van der Waals surface area contributed by atoms with Gasteiger partial charge in [0.25, 0.3) is 0 Å². The number of carbonyl (C=O) groups is 1. The van der Waals surface area contributed by atoms with Crippen molar-refractivity contribution in [2.45, 2.75) is 19.3 Å². The van der Waals surface area contributed by atoms with Crippen LogP contribution in [0.25, 0.3) is 0 Å². The van der Waals surface area contributed by atoms with E-state index in [2.05, 4.69) is 0 Å². The van der Waals surface area contributed by atoms with Crippen molar-refractivity contribution in [2.75, 3.05) is 0 Å². The third kappa shape index (κ3) is 3.24. The van der Waals surface area contributed by atoms with E-state index in [-0.39, 0.29) is 6.42 Å². The van der Waals surface area contributed by atoms with Crippen LogP contribution in [0, 0.1) is 0 Å². The van der Waals surface area contributed by atoms with E-state index in [0.29, 0.717) is 6.42 Å². The van der Waals surface area contributed by atoms with E-state index in [9.17, 15) is 4.79 Å². The van der Waals surface area contributed by atoms with Gasteiger partial charge in [0, 0.05) is 16.7 Å². The molecule has 0 aliphatic rings. The summed E-state index contributed by atoms with van der Waals surface area (Å²) < 4.78 is 0. The van der Waals surface area contributed by atoms with Crippen LogP contribution >= 0.6 is 22.9 Å². The van der Waals surface area contributed by atoms with Gasteiger partial charge < -0.3 is 5.11 Å². The van der Waals surface area contributed by atoms with Gasteiger partial charge in [-0.05, 0) is 18.9 Å². The molecule has 12 heavy (non-hydrogen) atoms. The van der Waals surface area contributed by atoms with Gasteiger partial charge >= 0.3 is 5.97 Å². The lowest BCUT2D eigenvalue weighted by molar-refractivity contribution is -0.137. The summed E-state index contributed by atoms with van der Waals surface area (Å²) >= 11 is 7.27. The highest BCUT2D eigenvalue weighted by Gasteiger charge is 2.00. The predicted molar refractivity (Wildman–Crippen MR) is 49.9 cm³/mol. The van der Waals surface area contributed by atoms with Crippen molar-refractivity contribution < 1.29 is 9.90 Å². The molecule has 0 amide bonds. The Morgan fingerprint density at radius 1 is 1.67 bits per heavy atom. The summed E-state index contributed by atoms with van der Waals surface area (Å²) in [6.07, 6.45) is 1.73. The third-order valence-corrected chi connectivity index (χ3v) is 2.78. The smallest absolute Gasteiger partial charge is 0.303 e. The Balaban J connectivity index is 2.29. The Bertz CT molecular complexity index is 270. The van der Waals surface area contributed by atoms with Crippen LogP contribution in [0.2, 0.25) is 5.02 Å². The molecule has 0 aliphatic carbocycles. The summed E-state index contributed by atoms with van der Waals surface area (Å²) in [5.41, 5.74) is 0. The second-order valence-corrected chi connectivity index (χ2v) is 3.91. The quantitative estimate of drug-likeness (QED) is 0.819. The van der Waals surface area contributed by atoms with Gasteiger partial charge in [0.05, 0.1) is 5.02 Å². The highest BCUT2D eigenvalue weighted by molar-refractivity contribution is 7.10. The molecule has 0 unspecified atom stereocenters. The predicted octanol–water partition coefficient (Wildman–Crippen LogP) is 2.81. The van der Waals surface area contributed by atoms with Gasteiger partial charge in [0.2, 0.25) is 0 Å². The minimum Gasteiger partial charge on any atom is -0.481 e. The number of hydrogen-bond donors (Lipinski definition) is 1. The number of aliphatic carboxylic acids is 1. The van der Waals surface area contributed by atoms with Crippen LogP contribution in [0.3, 0.4) is 0 Å². The summed E-state index contributed by atoms with van der Waals surface area (Å²) in [4.78, 5) is 11.3. The lowest BCUT2D eigenvalue weighted by Crippen LogP contribution is -1.94. The molecule has 1 aromatic rings. The van der Waals surface area contributed by atoms with Crippen molar-refractivity contribution in [3.8, 4) is 0 Å². The van der Waals surface area contributed by atoms with Crippen LogP contribution in [-0.2, 0) is 11.2 Å². The minimum absolute atomic E-state index is 0.232. The lowest BCUT2D eigenvalue weighted by Gasteiger charge is -1.92. The molecule has 66 valence electrons. The van der Waals surface area contributed by atoms with Crippen molar-refractivity contribution in [3.63, 3.8) is 0 Å². The number of halogens is 1. The van der Waals surface area contributed by atoms with Crippen molar-refractivity contribution in [1.29, 1.82) is 0 Å². The second-order valence-electron chi connectivity index (χ2n) is 2.48. The molecule has 4 heteroatoms. The van der Waals surface area contributed by atoms with Crippen LogP contribution in [0.4, 0.5) is 0 Å². The molecule has 2 nitrogen and oxygen atoms in total. The largest absolute Gasteiger partial charge is 0.481 e. The number of aryl methyl sites for hydroxylation is 1. The topological polar surface area (TPSA) is 37.3 Å². The number of hydrogen-bond acceptors (Lipinski definition) is 2. The summed E-state index contributed by atoms with van der Waals surface area (Å²) in [6, 6.07) is 1.88. The monoisotopic (exact) mass is 204 g/mol. The number of rotatable bonds is 4. The summed E-state index contributed by atoms with van der Waals surface area (Å²) in [7, 11) is 0. The molecule has 0 saturated heterocycles. The van der Waals surface area contributed by atoms with Gasteiger partial charge in [-0.25, -0.2) is 0 Å². The fourth-order valence-electron chi connectivity index (χ4n) is 0.899. The van der Waals surface area contributed by atoms with E-state index >= 15 is 0 Å². The average Bonchev–Trinajstić information content (AvgIpc) is 2.35. The first-order valence-electron chi connectivity index (χ1n) is 3.63. The molecule has 0 aliphatic heterocycles. The highest BCUT2D eigenvalue weighted by Crippen LogP contribution is 2.20. The molecule has 1 aromatic heterocycles. The van der Waals surface area contributed by atoms with Gasteiger partial charge in [-0.15, -0.1) is 11.3 Å². The normalized spacial score (nSPS) is 10.1. The molecular weight excluding hydrogens is 196 g/mol. The Hall–Kier alpha value is -0.540. The molecule has 0 bridgehead atoms. The standard InChI is InChI=1S/C8H9ClO2S/c9-6-4-7(12-5-6)2-1-3-8(10)11/h4-5H,1-3H2,(H,10,11). The SMILES string of the molecule is O=C(O)CCCc1cc(Cl)cs1. The first kappa shape index (κ1) is 9.55. The second kappa shape index (κ2) is 4.48. The van der Waals surface area contributed by atoms with Crippen LogP contribution in [0.1, 0.15) is 17.7 Å². The first-order chi connectivity index (χ1) is 5.68. The van der Waals surface area contributed by atoms with Gasteiger partial charge in [-0.1, -0.05) is 11.6 Å². The maximum absolute atomic E-state index is 10.2. The fraction of sp³-hybridized carbons (Fsp3) is 0.375. The molecule has 1 heterocycles. The van der Waals surface area contributed by atoms with E-state index in [0.717, 1.165) is 16.3 Å². The Labute approximate surface area is 79.8 Å². The van der Waals surface area contributed by atoms with Crippen molar-refractivity contribution >= 4 is 28.9 Å². The Kier molecular flexibility index (Phi) is 3.56. The molecular formula is C8H9ClO2S.